The third-order valence-electron chi connectivity index (χ3n) is 5.34. The number of nitrogens with zero attached hydrogens (tertiary/aromatic N) is 2. The van der Waals surface area contributed by atoms with Crippen LogP contribution in [0.2, 0.25) is 0 Å². The predicted octanol–water partition coefficient (Wildman–Crippen LogP) is 4.77. The minimum atomic E-state index is -0.837. The first-order valence-electron chi connectivity index (χ1n) is 10.2. The number of fused-ring (bicyclic) bond motifs is 2. The van der Waals surface area contributed by atoms with E-state index in [1.807, 2.05) is 6.92 Å². The summed E-state index contributed by atoms with van der Waals surface area (Å²) in [5, 5.41) is 4.06. The van der Waals surface area contributed by atoms with Gasteiger partial charge in [0.25, 0.3) is 5.91 Å². The summed E-state index contributed by atoms with van der Waals surface area (Å²) >= 11 is 0. The largest absolute Gasteiger partial charge is 0.494 e. The summed E-state index contributed by atoms with van der Waals surface area (Å²) in [6.45, 7) is 4.24. The van der Waals surface area contributed by atoms with Crippen LogP contribution in [0.15, 0.2) is 62.3 Å². The summed E-state index contributed by atoms with van der Waals surface area (Å²) in [6, 6.07) is 11.6. The van der Waals surface area contributed by atoms with Crippen molar-refractivity contribution in [1.82, 2.24) is 5.16 Å². The van der Waals surface area contributed by atoms with Crippen molar-refractivity contribution in [3.8, 4) is 5.75 Å². The lowest BCUT2D eigenvalue weighted by Crippen LogP contribution is -2.29. The van der Waals surface area contributed by atoms with Crippen molar-refractivity contribution in [1.29, 1.82) is 0 Å². The van der Waals surface area contributed by atoms with E-state index in [-0.39, 0.29) is 28.1 Å². The van der Waals surface area contributed by atoms with E-state index in [0.29, 0.717) is 23.7 Å². The van der Waals surface area contributed by atoms with Crippen molar-refractivity contribution in [2.24, 2.45) is 0 Å². The van der Waals surface area contributed by atoms with Crippen LogP contribution in [0.4, 0.5) is 10.2 Å². The Bertz CT molecular complexity index is 1410. The second-order valence-corrected chi connectivity index (χ2v) is 7.61. The number of anilines is 1. The number of hydrogen-bond acceptors (Lipinski definition) is 6. The molecule has 5 rings (SSSR count). The normalized spacial score (nSPS) is 15.4. The number of carbonyl (C=O) groups is 1. The summed E-state index contributed by atoms with van der Waals surface area (Å²) < 4.78 is 30.6. The van der Waals surface area contributed by atoms with Gasteiger partial charge in [-0.2, -0.15) is 0 Å². The Kier molecular flexibility index (Phi) is 4.77. The van der Waals surface area contributed by atoms with E-state index in [4.69, 9.17) is 13.7 Å². The van der Waals surface area contributed by atoms with Crippen LogP contribution in [0.1, 0.15) is 46.8 Å². The summed E-state index contributed by atoms with van der Waals surface area (Å²) in [5.74, 6) is 0.177. The van der Waals surface area contributed by atoms with E-state index in [0.717, 1.165) is 12.5 Å². The number of benzene rings is 2. The highest BCUT2D eigenvalue weighted by atomic mass is 19.1. The standard InChI is InChI=1S/C24H19FN2O5/c1-3-9-30-16-6-4-5-14(11-16)21-20-22(28)17-12-15(25)7-8-18(17)31-23(20)24(29)27(21)19-10-13(2)32-26-19/h4-8,10-12,21H,3,9H2,1-2H3/t21-/m0/s1. The van der Waals surface area contributed by atoms with Crippen LogP contribution in [-0.4, -0.2) is 17.7 Å². The number of aryl methyl sites for hydroxylation is 1. The van der Waals surface area contributed by atoms with Crippen LogP contribution >= 0.6 is 0 Å². The lowest BCUT2D eigenvalue weighted by molar-refractivity contribution is 0.0969. The Labute approximate surface area is 182 Å². The SMILES string of the molecule is CCCOc1cccc([C@H]2c3c(oc4ccc(F)cc4c3=O)C(=O)N2c2cc(C)on2)c1. The maximum atomic E-state index is 13.9. The smallest absolute Gasteiger partial charge is 0.296 e. The third-order valence-corrected chi connectivity index (χ3v) is 5.34. The van der Waals surface area contributed by atoms with Gasteiger partial charge in [-0.05, 0) is 49.2 Å². The quantitative estimate of drug-likeness (QED) is 0.450. The molecule has 0 radical (unpaired) electrons. The molecule has 32 heavy (non-hydrogen) atoms. The minimum absolute atomic E-state index is 0.0677. The predicted molar refractivity (Wildman–Crippen MR) is 115 cm³/mol. The van der Waals surface area contributed by atoms with Gasteiger partial charge in [0.2, 0.25) is 5.76 Å². The Morgan fingerprint density at radius 3 is 2.75 bits per heavy atom. The second kappa shape index (κ2) is 7.64. The van der Waals surface area contributed by atoms with Gasteiger partial charge in [0.1, 0.15) is 22.9 Å². The first-order valence-corrected chi connectivity index (χ1v) is 10.2. The molecule has 8 heteroatoms. The second-order valence-electron chi connectivity index (χ2n) is 7.61. The van der Waals surface area contributed by atoms with Crippen LogP contribution in [-0.2, 0) is 0 Å². The van der Waals surface area contributed by atoms with Gasteiger partial charge in [-0.1, -0.05) is 24.2 Å². The van der Waals surface area contributed by atoms with Gasteiger partial charge < -0.3 is 13.7 Å². The molecule has 0 saturated carbocycles. The molecule has 1 amide bonds. The topological polar surface area (TPSA) is 85.8 Å². The van der Waals surface area contributed by atoms with Crippen LogP contribution in [0.5, 0.6) is 5.75 Å². The van der Waals surface area contributed by atoms with Crippen LogP contribution in [0.25, 0.3) is 11.0 Å². The maximum Gasteiger partial charge on any atom is 0.296 e. The van der Waals surface area contributed by atoms with Crippen LogP contribution in [0, 0.1) is 12.7 Å². The van der Waals surface area contributed by atoms with E-state index in [9.17, 15) is 14.0 Å². The van der Waals surface area contributed by atoms with Crippen molar-refractivity contribution in [2.45, 2.75) is 26.3 Å². The van der Waals surface area contributed by atoms with E-state index in [1.165, 1.54) is 17.0 Å². The van der Waals surface area contributed by atoms with Crippen molar-refractivity contribution in [2.75, 3.05) is 11.5 Å². The zero-order valence-electron chi connectivity index (χ0n) is 17.4. The highest BCUT2D eigenvalue weighted by Gasteiger charge is 2.45. The molecule has 0 aliphatic carbocycles. The molecule has 0 N–H and O–H groups in total. The highest BCUT2D eigenvalue weighted by molar-refractivity contribution is 6.10. The molecule has 4 aromatic rings. The Balaban J connectivity index is 1.76. The summed E-state index contributed by atoms with van der Waals surface area (Å²) in [5.41, 5.74) is 0.429. The van der Waals surface area contributed by atoms with E-state index in [1.54, 1.807) is 37.3 Å². The molecule has 0 unspecified atom stereocenters. The molecule has 2 aromatic carbocycles. The summed E-state index contributed by atoms with van der Waals surface area (Å²) in [7, 11) is 0. The van der Waals surface area contributed by atoms with Crippen LogP contribution in [0.3, 0.4) is 0 Å². The van der Waals surface area contributed by atoms with Crippen molar-refractivity contribution in [3.05, 3.63) is 87.2 Å². The van der Waals surface area contributed by atoms with Gasteiger partial charge >= 0.3 is 0 Å². The average Bonchev–Trinajstić information content (AvgIpc) is 3.34. The molecule has 162 valence electrons. The molecule has 0 fully saturated rings. The molecule has 1 atom stereocenters. The van der Waals surface area contributed by atoms with Gasteiger partial charge in [0.05, 0.1) is 23.6 Å². The Morgan fingerprint density at radius 2 is 2.00 bits per heavy atom. The molecule has 0 spiro atoms. The fourth-order valence-electron chi connectivity index (χ4n) is 3.96. The Morgan fingerprint density at radius 1 is 1.16 bits per heavy atom. The van der Waals surface area contributed by atoms with Gasteiger partial charge in [0, 0.05) is 6.07 Å². The molecule has 1 aliphatic heterocycles. The van der Waals surface area contributed by atoms with Gasteiger partial charge in [-0.3, -0.25) is 14.5 Å². The molecule has 7 nitrogen and oxygen atoms in total. The average molecular weight is 434 g/mol. The maximum absolute atomic E-state index is 13.9. The lowest BCUT2D eigenvalue weighted by atomic mass is 9.98. The lowest BCUT2D eigenvalue weighted by Gasteiger charge is -2.22. The minimum Gasteiger partial charge on any atom is -0.494 e. The fraction of sp³-hybridized carbons (Fsp3) is 0.208. The number of amides is 1. The summed E-state index contributed by atoms with van der Waals surface area (Å²) in [4.78, 5) is 28.2. The van der Waals surface area contributed by atoms with Gasteiger partial charge in [0.15, 0.2) is 11.2 Å². The zero-order chi connectivity index (χ0) is 22.4. The molecular formula is C24H19FN2O5. The van der Waals surface area contributed by atoms with Gasteiger partial charge in [-0.15, -0.1) is 0 Å². The first kappa shape index (κ1) is 20.0. The number of halogens is 1. The number of ether oxygens (including phenoxy) is 1. The fourth-order valence-corrected chi connectivity index (χ4v) is 3.96. The molecular weight excluding hydrogens is 415 g/mol. The van der Waals surface area contributed by atoms with Crippen molar-refractivity contribution < 1.29 is 22.9 Å². The number of carbonyl (C=O) groups excluding carboxylic acids is 1. The van der Waals surface area contributed by atoms with Gasteiger partial charge in [-0.25, -0.2) is 4.39 Å². The van der Waals surface area contributed by atoms with Crippen LogP contribution < -0.4 is 15.1 Å². The van der Waals surface area contributed by atoms with E-state index >= 15 is 0 Å². The monoisotopic (exact) mass is 434 g/mol. The molecule has 2 aromatic heterocycles. The number of rotatable bonds is 5. The highest BCUT2D eigenvalue weighted by Crippen LogP contribution is 2.41. The molecule has 1 aliphatic rings. The first-order chi connectivity index (χ1) is 15.5. The van der Waals surface area contributed by atoms with Crippen molar-refractivity contribution >= 4 is 22.7 Å². The number of hydrogen-bond donors (Lipinski definition) is 0. The summed E-state index contributed by atoms with van der Waals surface area (Å²) in [6.07, 6.45) is 0.834. The molecule has 3 heterocycles. The third kappa shape index (κ3) is 3.15. The Hall–Kier alpha value is -3.94. The molecule has 0 saturated heterocycles. The van der Waals surface area contributed by atoms with Crippen molar-refractivity contribution in [3.63, 3.8) is 0 Å². The zero-order valence-corrected chi connectivity index (χ0v) is 17.4. The molecule has 0 bridgehead atoms. The number of aromatic nitrogens is 1. The van der Waals surface area contributed by atoms with E-state index in [2.05, 4.69) is 5.16 Å². The van der Waals surface area contributed by atoms with E-state index < -0.39 is 23.2 Å².